The molecule has 2 aromatic rings. The minimum atomic E-state index is -0.299. The van der Waals surface area contributed by atoms with E-state index >= 15 is 0 Å². The fourth-order valence-corrected chi connectivity index (χ4v) is 2.94. The third-order valence-electron chi connectivity index (χ3n) is 4.23. The van der Waals surface area contributed by atoms with Crippen molar-refractivity contribution in [3.8, 4) is 0 Å². The molecule has 122 valence electrons. The number of hydrogen-bond acceptors (Lipinski definition) is 3. The Labute approximate surface area is 135 Å². The number of carbonyl (C=O) groups excluding carboxylic acids is 1. The van der Waals surface area contributed by atoms with Crippen molar-refractivity contribution >= 4 is 11.6 Å². The molecule has 0 unspecified atom stereocenters. The summed E-state index contributed by atoms with van der Waals surface area (Å²) in [5.41, 5.74) is 1.84. The lowest BCUT2D eigenvalue weighted by Gasteiger charge is -2.30. The van der Waals surface area contributed by atoms with Gasteiger partial charge >= 0.3 is 0 Å². The molecule has 2 heterocycles. The van der Waals surface area contributed by atoms with Crippen molar-refractivity contribution in [3.63, 3.8) is 0 Å². The van der Waals surface area contributed by atoms with E-state index < -0.39 is 0 Å². The van der Waals surface area contributed by atoms with Gasteiger partial charge in [-0.05, 0) is 50.2 Å². The Kier molecular flexibility index (Phi) is 4.71. The van der Waals surface area contributed by atoms with E-state index in [-0.39, 0.29) is 17.6 Å². The average molecular weight is 316 g/mol. The molecule has 1 saturated heterocycles. The van der Waals surface area contributed by atoms with Crippen LogP contribution in [0.25, 0.3) is 0 Å². The van der Waals surface area contributed by atoms with E-state index in [0.29, 0.717) is 5.69 Å². The number of piperidine rings is 1. The summed E-state index contributed by atoms with van der Waals surface area (Å²) >= 11 is 0. The maximum atomic E-state index is 12.9. The molecule has 0 aliphatic carbocycles. The van der Waals surface area contributed by atoms with Gasteiger partial charge in [-0.1, -0.05) is 0 Å². The summed E-state index contributed by atoms with van der Waals surface area (Å²) in [7, 11) is 1.91. The minimum absolute atomic E-state index is 0.0187. The van der Waals surface area contributed by atoms with Gasteiger partial charge in [-0.25, -0.2) is 4.39 Å². The van der Waals surface area contributed by atoms with Crippen LogP contribution in [0.5, 0.6) is 0 Å². The van der Waals surface area contributed by atoms with E-state index in [1.807, 2.05) is 19.4 Å². The molecule has 0 saturated carbocycles. The first-order valence-electron chi connectivity index (χ1n) is 7.86. The standard InChI is InChI=1S/C17H21FN4O/c1-21-11-13(10-19-21)12-22-8-6-14(7-9-22)17(23)20-16-4-2-15(18)3-5-16/h2-5,10-11,14H,6-9,12H2,1H3,(H,20,23). The van der Waals surface area contributed by atoms with Crippen LogP contribution in [0, 0.1) is 11.7 Å². The van der Waals surface area contributed by atoms with Gasteiger partial charge in [0.2, 0.25) is 5.91 Å². The Morgan fingerprint density at radius 2 is 2.00 bits per heavy atom. The van der Waals surface area contributed by atoms with Crippen LogP contribution in [0.2, 0.25) is 0 Å². The highest BCUT2D eigenvalue weighted by molar-refractivity contribution is 5.92. The molecule has 0 bridgehead atoms. The molecule has 1 amide bonds. The predicted octanol–water partition coefficient (Wildman–Crippen LogP) is 2.41. The first-order chi connectivity index (χ1) is 11.1. The molecular formula is C17H21FN4O. The van der Waals surface area contributed by atoms with Gasteiger partial charge in [-0.15, -0.1) is 0 Å². The molecule has 1 aromatic heterocycles. The number of anilines is 1. The molecule has 6 heteroatoms. The van der Waals surface area contributed by atoms with Crippen molar-refractivity contribution in [2.75, 3.05) is 18.4 Å². The van der Waals surface area contributed by atoms with E-state index in [9.17, 15) is 9.18 Å². The van der Waals surface area contributed by atoms with Crippen LogP contribution in [0.3, 0.4) is 0 Å². The van der Waals surface area contributed by atoms with Crippen molar-refractivity contribution in [1.29, 1.82) is 0 Å². The first kappa shape index (κ1) is 15.7. The fraction of sp³-hybridized carbons (Fsp3) is 0.412. The summed E-state index contributed by atoms with van der Waals surface area (Å²) < 4.78 is 14.7. The van der Waals surface area contributed by atoms with Crippen molar-refractivity contribution < 1.29 is 9.18 Å². The van der Waals surface area contributed by atoms with E-state index in [1.54, 1.807) is 16.8 Å². The SMILES string of the molecule is Cn1cc(CN2CCC(C(=O)Nc3ccc(F)cc3)CC2)cn1. The van der Waals surface area contributed by atoms with Gasteiger partial charge in [-0.2, -0.15) is 5.10 Å². The molecule has 0 radical (unpaired) electrons. The molecule has 0 atom stereocenters. The number of likely N-dealkylation sites (tertiary alicyclic amines) is 1. The van der Waals surface area contributed by atoms with Crippen LogP contribution < -0.4 is 5.32 Å². The number of carbonyl (C=O) groups is 1. The summed E-state index contributed by atoms with van der Waals surface area (Å²) in [6.45, 7) is 2.67. The molecule has 1 fully saturated rings. The number of nitrogens with zero attached hydrogens (tertiary/aromatic N) is 3. The van der Waals surface area contributed by atoms with Gasteiger partial charge in [0, 0.05) is 37.0 Å². The highest BCUT2D eigenvalue weighted by Gasteiger charge is 2.25. The molecule has 1 aliphatic heterocycles. The van der Waals surface area contributed by atoms with Crippen LogP contribution in [0.15, 0.2) is 36.7 Å². The summed E-state index contributed by atoms with van der Waals surface area (Å²) in [5, 5.41) is 7.05. The third kappa shape index (κ3) is 4.16. The van der Waals surface area contributed by atoms with E-state index in [0.717, 1.165) is 32.5 Å². The lowest BCUT2D eigenvalue weighted by molar-refractivity contribution is -0.121. The van der Waals surface area contributed by atoms with Crippen molar-refractivity contribution in [1.82, 2.24) is 14.7 Å². The number of hydrogen-bond donors (Lipinski definition) is 1. The zero-order valence-electron chi connectivity index (χ0n) is 13.2. The third-order valence-corrected chi connectivity index (χ3v) is 4.23. The monoisotopic (exact) mass is 316 g/mol. The molecule has 3 rings (SSSR count). The van der Waals surface area contributed by atoms with Gasteiger partial charge < -0.3 is 5.32 Å². The average Bonchev–Trinajstić information content (AvgIpc) is 2.95. The molecule has 0 spiro atoms. The van der Waals surface area contributed by atoms with Gasteiger partial charge in [0.25, 0.3) is 0 Å². The zero-order valence-corrected chi connectivity index (χ0v) is 13.2. The maximum Gasteiger partial charge on any atom is 0.227 e. The Morgan fingerprint density at radius 3 is 2.61 bits per heavy atom. The Balaban J connectivity index is 1.48. The topological polar surface area (TPSA) is 50.2 Å². The maximum absolute atomic E-state index is 12.9. The number of aromatic nitrogens is 2. The Bertz CT molecular complexity index is 659. The zero-order chi connectivity index (χ0) is 16.2. The van der Waals surface area contributed by atoms with E-state index in [1.165, 1.54) is 17.7 Å². The Hall–Kier alpha value is -2.21. The van der Waals surface area contributed by atoms with Gasteiger partial charge in [0.15, 0.2) is 0 Å². The van der Waals surface area contributed by atoms with E-state index in [4.69, 9.17) is 0 Å². The second kappa shape index (κ2) is 6.91. The number of rotatable bonds is 4. The largest absolute Gasteiger partial charge is 0.326 e. The van der Waals surface area contributed by atoms with Crippen LogP contribution in [0.1, 0.15) is 18.4 Å². The van der Waals surface area contributed by atoms with Crippen molar-refractivity contribution in [2.45, 2.75) is 19.4 Å². The summed E-state index contributed by atoms with van der Waals surface area (Å²) in [4.78, 5) is 14.6. The predicted molar refractivity (Wildman–Crippen MR) is 86.2 cm³/mol. The summed E-state index contributed by atoms with van der Waals surface area (Å²) in [6, 6.07) is 5.88. The highest BCUT2D eigenvalue weighted by Crippen LogP contribution is 2.21. The van der Waals surface area contributed by atoms with Crippen LogP contribution in [-0.4, -0.2) is 33.7 Å². The quantitative estimate of drug-likeness (QED) is 0.942. The molecular weight excluding hydrogens is 295 g/mol. The number of benzene rings is 1. The second-order valence-corrected chi connectivity index (χ2v) is 6.07. The second-order valence-electron chi connectivity index (χ2n) is 6.07. The lowest BCUT2D eigenvalue weighted by Crippen LogP contribution is -2.37. The van der Waals surface area contributed by atoms with Gasteiger partial charge in [0.1, 0.15) is 5.82 Å². The van der Waals surface area contributed by atoms with E-state index in [2.05, 4.69) is 15.3 Å². The van der Waals surface area contributed by atoms with Crippen molar-refractivity contribution in [3.05, 3.63) is 48.0 Å². The number of halogens is 1. The van der Waals surface area contributed by atoms with Crippen LogP contribution in [-0.2, 0) is 18.4 Å². The minimum Gasteiger partial charge on any atom is -0.326 e. The molecule has 1 aliphatic rings. The summed E-state index contributed by atoms with van der Waals surface area (Å²) in [6.07, 6.45) is 5.58. The first-order valence-corrected chi connectivity index (χ1v) is 7.86. The van der Waals surface area contributed by atoms with Gasteiger partial charge in [0.05, 0.1) is 6.20 Å². The summed E-state index contributed by atoms with van der Waals surface area (Å²) in [5.74, 6) is -0.255. The van der Waals surface area contributed by atoms with Crippen molar-refractivity contribution in [2.24, 2.45) is 13.0 Å². The molecule has 5 nitrogen and oxygen atoms in total. The van der Waals surface area contributed by atoms with Crippen LogP contribution in [0.4, 0.5) is 10.1 Å². The number of aryl methyl sites for hydroxylation is 1. The lowest BCUT2D eigenvalue weighted by atomic mass is 9.95. The molecule has 1 N–H and O–H groups in total. The normalized spacial score (nSPS) is 16.4. The number of nitrogens with one attached hydrogen (secondary N) is 1. The number of amides is 1. The molecule has 23 heavy (non-hydrogen) atoms. The fourth-order valence-electron chi connectivity index (χ4n) is 2.94. The van der Waals surface area contributed by atoms with Crippen LogP contribution >= 0.6 is 0 Å². The molecule has 1 aromatic carbocycles. The highest BCUT2D eigenvalue weighted by atomic mass is 19.1. The Morgan fingerprint density at radius 1 is 1.30 bits per heavy atom. The smallest absolute Gasteiger partial charge is 0.227 e. The van der Waals surface area contributed by atoms with Gasteiger partial charge in [-0.3, -0.25) is 14.4 Å².